The lowest BCUT2D eigenvalue weighted by Crippen LogP contribution is -2.43. The molecule has 0 saturated heterocycles. The average Bonchev–Trinajstić information content (AvgIpc) is 2.21. The van der Waals surface area contributed by atoms with Crippen LogP contribution in [0.15, 0.2) is 0 Å². The highest BCUT2D eigenvalue weighted by molar-refractivity contribution is 7.87. The maximum Gasteiger partial charge on any atom is 0.279 e. The minimum Gasteiger partial charge on any atom is -0.199 e. The minimum atomic E-state index is -3.31. The lowest BCUT2D eigenvalue weighted by Gasteiger charge is -2.28. The zero-order chi connectivity index (χ0) is 12.2. The molecule has 1 rings (SSSR count). The number of rotatable bonds is 4. The molecule has 0 unspecified atom stereocenters. The summed E-state index contributed by atoms with van der Waals surface area (Å²) < 4.78 is 27.0. The van der Waals surface area contributed by atoms with Crippen LogP contribution in [0.3, 0.4) is 0 Å². The Labute approximate surface area is 97.6 Å². The number of hydrogen-bond donors (Lipinski definition) is 1. The zero-order valence-corrected chi connectivity index (χ0v) is 10.6. The van der Waals surface area contributed by atoms with Crippen LogP contribution in [0.1, 0.15) is 32.1 Å². The van der Waals surface area contributed by atoms with E-state index in [4.69, 9.17) is 5.26 Å². The summed E-state index contributed by atoms with van der Waals surface area (Å²) in [4.78, 5) is 0. The van der Waals surface area contributed by atoms with E-state index in [1.807, 2.05) is 0 Å². The molecule has 0 amide bonds. The number of hydrogen-bond acceptors (Lipinski definition) is 3. The Kier molecular flexibility index (Phi) is 4.71. The smallest absolute Gasteiger partial charge is 0.199 e. The normalized spacial score (nSPS) is 26.6. The first-order valence-electron chi connectivity index (χ1n) is 5.52. The number of nitrogens with zero attached hydrogens (tertiary/aromatic N) is 2. The summed E-state index contributed by atoms with van der Waals surface area (Å²) in [5, 5.41) is 8.58. The van der Waals surface area contributed by atoms with E-state index in [-0.39, 0.29) is 6.04 Å². The van der Waals surface area contributed by atoms with E-state index in [0.717, 1.165) is 25.7 Å². The molecule has 1 fully saturated rings. The molecule has 0 atom stereocenters. The van der Waals surface area contributed by atoms with Gasteiger partial charge >= 0.3 is 0 Å². The minimum absolute atomic E-state index is 0.0299. The van der Waals surface area contributed by atoms with Gasteiger partial charge in [-0.3, -0.25) is 0 Å². The first kappa shape index (κ1) is 13.4. The van der Waals surface area contributed by atoms with Crippen LogP contribution in [-0.4, -0.2) is 32.9 Å². The highest BCUT2D eigenvalue weighted by atomic mass is 32.2. The molecule has 92 valence electrons. The van der Waals surface area contributed by atoms with Crippen molar-refractivity contribution in [2.24, 2.45) is 5.92 Å². The van der Waals surface area contributed by atoms with Gasteiger partial charge in [-0.1, -0.05) is 0 Å². The highest BCUT2D eigenvalue weighted by Crippen LogP contribution is 2.26. The summed E-state index contributed by atoms with van der Waals surface area (Å²) in [7, 11) is -0.274. The monoisotopic (exact) mass is 245 g/mol. The van der Waals surface area contributed by atoms with E-state index in [2.05, 4.69) is 10.8 Å². The molecular formula is C10H19N3O2S. The van der Waals surface area contributed by atoms with E-state index in [9.17, 15) is 8.42 Å². The topological polar surface area (TPSA) is 73.2 Å². The molecule has 16 heavy (non-hydrogen) atoms. The zero-order valence-electron chi connectivity index (χ0n) is 9.81. The second-order valence-corrected chi connectivity index (χ2v) is 6.40. The largest absolute Gasteiger partial charge is 0.279 e. The van der Waals surface area contributed by atoms with E-state index < -0.39 is 10.2 Å². The predicted octanol–water partition coefficient (Wildman–Crippen LogP) is 0.855. The maximum absolute atomic E-state index is 11.6. The van der Waals surface area contributed by atoms with Gasteiger partial charge in [0.2, 0.25) is 0 Å². The van der Waals surface area contributed by atoms with Crippen molar-refractivity contribution in [3.8, 4) is 6.07 Å². The average molecular weight is 245 g/mol. The molecule has 0 bridgehead atoms. The Morgan fingerprint density at radius 3 is 2.31 bits per heavy atom. The van der Waals surface area contributed by atoms with Crippen LogP contribution in [-0.2, 0) is 10.2 Å². The van der Waals surface area contributed by atoms with Gasteiger partial charge in [-0.25, -0.2) is 0 Å². The Hall–Kier alpha value is -0.640. The Morgan fingerprint density at radius 1 is 1.31 bits per heavy atom. The molecule has 0 aromatic rings. The summed E-state index contributed by atoms with van der Waals surface area (Å²) >= 11 is 0. The van der Waals surface area contributed by atoms with Crippen LogP contribution >= 0.6 is 0 Å². The van der Waals surface area contributed by atoms with Crippen molar-refractivity contribution in [2.75, 3.05) is 14.1 Å². The fraction of sp³-hybridized carbons (Fsp3) is 0.900. The van der Waals surface area contributed by atoms with Gasteiger partial charge in [0.05, 0.1) is 6.07 Å². The molecule has 1 N–H and O–H groups in total. The van der Waals surface area contributed by atoms with Crippen LogP contribution in [0.25, 0.3) is 0 Å². The molecule has 0 aromatic carbocycles. The Morgan fingerprint density at radius 2 is 1.88 bits per heavy atom. The van der Waals surface area contributed by atoms with E-state index >= 15 is 0 Å². The summed E-state index contributed by atoms with van der Waals surface area (Å²) in [5.41, 5.74) is 0. The van der Waals surface area contributed by atoms with Crippen LogP contribution in [0, 0.1) is 17.2 Å². The van der Waals surface area contributed by atoms with Gasteiger partial charge in [0.25, 0.3) is 10.2 Å². The SMILES string of the molecule is CN(C)S(=O)(=O)NC1CCC(CC#N)CC1. The Bertz CT molecular complexity index is 351. The van der Waals surface area contributed by atoms with Crippen molar-refractivity contribution in [3.05, 3.63) is 0 Å². The summed E-state index contributed by atoms with van der Waals surface area (Å²) in [6, 6.07) is 2.20. The second-order valence-electron chi connectivity index (χ2n) is 4.49. The van der Waals surface area contributed by atoms with E-state index in [0.29, 0.717) is 12.3 Å². The van der Waals surface area contributed by atoms with Gasteiger partial charge in [-0.05, 0) is 31.6 Å². The van der Waals surface area contributed by atoms with Gasteiger partial charge in [0.1, 0.15) is 0 Å². The quantitative estimate of drug-likeness (QED) is 0.798. The van der Waals surface area contributed by atoms with Crippen LogP contribution < -0.4 is 4.72 Å². The summed E-state index contributed by atoms with van der Waals surface area (Å²) in [5.74, 6) is 0.449. The summed E-state index contributed by atoms with van der Waals surface area (Å²) in [6.07, 6.45) is 4.13. The third kappa shape index (κ3) is 3.74. The molecule has 0 heterocycles. The third-order valence-electron chi connectivity index (χ3n) is 3.02. The van der Waals surface area contributed by atoms with Crippen molar-refractivity contribution in [1.82, 2.24) is 9.03 Å². The maximum atomic E-state index is 11.6. The molecule has 0 spiro atoms. The van der Waals surface area contributed by atoms with Gasteiger partial charge in [0, 0.05) is 26.6 Å². The van der Waals surface area contributed by atoms with Gasteiger partial charge in [0.15, 0.2) is 0 Å². The van der Waals surface area contributed by atoms with E-state index in [1.54, 1.807) is 0 Å². The molecular weight excluding hydrogens is 226 g/mol. The molecule has 1 aliphatic rings. The van der Waals surface area contributed by atoms with Crippen molar-refractivity contribution >= 4 is 10.2 Å². The lowest BCUT2D eigenvalue weighted by atomic mass is 9.85. The Balaban J connectivity index is 2.41. The van der Waals surface area contributed by atoms with Crippen molar-refractivity contribution in [3.63, 3.8) is 0 Å². The van der Waals surface area contributed by atoms with Crippen molar-refractivity contribution < 1.29 is 8.42 Å². The fourth-order valence-corrected chi connectivity index (χ4v) is 2.80. The van der Waals surface area contributed by atoms with Crippen molar-refractivity contribution in [1.29, 1.82) is 5.26 Å². The van der Waals surface area contributed by atoms with Crippen LogP contribution in [0.5, 0.6) is 0 Å². The van der Waals surface area contributed by atoms with Crippen LogP contribution in [0.2, 0.25) is 0 Å². The third-order valence-corrected chi connectivity index (χ3v) is 4.62. The van der Waals surface area contributed by atoms with Crippen molar-refractivity contribution in [2.45, 2.75) is 38.1 Å². The number of nitriles is 1. The molecule has 1 aliphatic carbocycles. The molecule has 0 radical (unpaired) electrons. The lowest BCUT2D eigenvalue weighted by molar-refractivity contribution is 0.313. The second kappa shape index (κ2) is 5.62. The van der Waals surface area contributed by atoms with E-state index in [1.165, 1.54) is 18.4 Å². The summed E-state index contributed by atoms with van der Waals surface area (Å²) in [6.45, 7) is 0. The standard InChI is InChI=1S/C10H19N3O2S/c1-13(2)16(14,15)12-10-5-3-9(4-6-10)7-8-11/h9-10,12H,3-7H2,1-2H3. The molecule has 0 aromatic heterocycles. The highest BCUT2D eigenvalue weighted by Gasteiger charge is 2.25. The molecule has 0 aliphatic heterocycles. The molecule has 6 heteroatoms. The molecule has 5 nitrogen and oxygen atoms in total. The first-order valence-corrected chi connectivity index (χ1v) is 6.96. The van der Waals surface area contributed by atoms with Gasteiger partial charge in [-0.2, -0.15) is 22.7 Å². The first-order chi connectivity index (χ1) is 7.45. The predicted molar refractivity (Wildman–Crippen MR) is 61.7 cm³/mol. The molecule has 1 saturated carbocycles. The van der Waals surface area contributed by atoms with Gasteiger partial charge < -0.3 is 0 Å². The van der Waals surface area contributed by atoms with Gasteiger partial charge in [-0.15, -0.1) is 0 Å². The number of nitrogens with one attached hydrogen (secondary N) is 1. The fourth-order valence-electron chi connectivity index (χ4n) is 1.93. The van der Waals surface area contributed by atoms with Crippen LogP contribution in [0.4, 0.5) is 0 Å².